The van der Waals surface area contributed by atoms with Crippen molar-refractivity contribution in [2.24, 2.45) is 0 Å². The van der Waals surface area contributed by atoms with E-state index in [1.807, 2.05) is 23.9 Å². The van der Waals surface area contributed by atoms with Crippen molar-refractivity contribution >= 4 is 17.4 Å². The Labute approximate surface area is 124 Å². The molecule has 0 saturated carbocycles. The summed E-state index contributed by atoms with van der Waals surface area (Å²) in [4.78, 5) is 4.40. The molecule has 0 saturated heterocycles. The zero-order chi connectivity index (χ0) is 14.4. The van der Waals surface area contributed by atoms with Gasteiger partial charge in [0.2, 0.25) is 5.89 Å². The molecule has 5 heteroatoms. The predicted octanol–water partition coefficient (Wildman–Crippen LogP) is 3.67. The standard InChI is InChI=1S/C15H21N3OS/c1-11(2)20-10-14-17-15(19-18-14)8-9-16-13-7-5-4-6-12(13)3/h4-7,11,16H,8-10H2,1-3H3. The number of aromatic nitrogens is 2. The third-order valence-corrected chi connectivity index (χ3v) is 3.95. The summed E-state index contributed by atoms with van der Waals surface area (Å²) < 4.78 is 5.25. The first-order chi connectivity index (χ1) is 9.65. The molecule has 0 aliphatic carbocycles. The number of aryl methyl sites for hydroxylation is 1. The van der Waals surface area contributed by atoms with E-state index in [9.17, 15) is 0 Å². The van der Waals surface area contributed by atoms with E-state index in [0.29, 0.717) is 11.1 Å². The van der Waals surface area contributed by atoms with E-state index in [4.69, 9.17) is 4.52 Å². The Hall–Kier alpha value is -1.49. The smallest absolute Gasteiger partial charge is 0.228 e. The van der Waals surface area contributed by atoms with Crippen LogP contribution in [-0.2, 0) is 12.2 Å². The maximum absolute atomic E-state index is 5.25. The van der Waals surface area contributed by atoms with Crippen LogP contribution in [0.4, 0.5) is 5.69 Å². The van der Waals surface area contributed by atoms with Crippen LogP contribution in [-0.4, -0.2) is 21.9 Å². The molecule has 0 radical (unpaired) electrons. The van der Waals surface area contributed by atoms with E-state index in [1.54, 1.807) is 0 Å². The highest BCUT2D eigenvalue weighted by Crippen LogP contribution is 2.15. The molecule has 0 fully saturated rings. The first kappa shape index (κ1) is 14.9. The maximum atomic E-state index is 5.25. The van der Waals surface area contributed by atoms with Gasteiger partial charge in [0.15, 0.2) is 5.82 Å². The van der Waals surface area contributed by atoms with Crippen LogP contribution >= 0.6 is 11.8 Å². The van der Waals surface area contributed by atoms with Gasteiger partial charge >= 0.3 is 0 Å². The Morgan fingerprint density at radius 1 is 1.30 bits per heavy atom. The number of hydrogen-bond acceptors (Lipinski definition) is 5. The number of thioether (sulfide) groups is 1. The SMILES string of the molecule is Cc1ccccc1NCCc1nc(CSC(C)C)no1. The van der Waals surface area contributed by atoms with Gasteiger partial charge in [-0.2, -0.15) is 16.7 Å². The first-order valence-electron chi connectivity index (χ1n) is 6.87. The molecule has 1 aromatic heterocycles. The van der Waals surface area contributed by atoms with Crippen LogP contribution in [0.5, 0.6) is 0 Å². The Bertz CT molecular complexity index is 539. The van der Waals surface area contributed by atoms with E-state index >= 15 is 0 Å². The van der Waals surface area contributed by atoms with Crippen molar-refractivity contribution in [1.29, 1.82) is 0 Å². The average Bonchev–Trinajstić information content (AvgIpc) is 2.87. The van der Waals surface area contributed by atoms with E-state index in [-0.39, 0.29) is 0 Å². The molecule has 0 unspecified atom stereocenters. The van der Waals surface area contributed by atoms with Crippen molar-refractivity contribution in [2.45, 2.75) is 38.2 Å². The molecule has 4 nitrogen and oxygen atoms in total. The van der Waals surface area contributed by atoms with E-state index in [0.717, 1.165) is 30.2 Å². The zero-order valence-corrected chi connectivity index (χ0v) is 13.0. The quantitative estimate of drug-likeness (QED) is 0.843. The van der Waals surface area contributed by atoms with Crippen molar-refractivity contribution in [1.82, 2.24) is 10.1 Å². The lowest BCUT2D eigenvalue weighted by Gasteiger charge is -2.07. The Balaban J connectivity index is 1.78. The van der Waals surface area contributed by atoms with E-state index < -0.39 is 0 Å². The molecule has 0 bridgehead atoms. The molecule has 2 rings (SSSR count). The number of nitrogens with one attached hydrogen (secondary N) is 1. The molecule has 0 aliphatic rings. The predicted molar refractivity (Wildman–Crippen MR) is 84.1 cm³/mol. The van der Waals surface area contributed by atoms with Gasteiger partial charge in [0.05, 0.1) is 5.75 Å². The zero-order valence-electron chi connectivity index (χ0n) is 12.2. The maximum Gasteiger partial charge on any atom is 0.228 e. The van der Waals surface area contributed by atoms with Crippen LogP contribution in [0, 0.1) is 6.92 Å². The molecule has 1 heterocycles. The minimum absolute atomic E-state index is 0.583. The summed E-state index contributed by atoms with van der Waals surface area (Å²) >= 11 is 1.82. The van der Waals surface area contributed by atoms with Crippen LogP contribution in [0.2, 0.25) is 0 Å². The average molecular weight is 291 g/mol. The van der Waals surface area contributed by atoms with Gasteiger partial charge in [-0.05, 0) is 23.8 Å². The molecule has 0 spiro atoms. The minimum atomic E-state index is 0.583. The second-order valence-corrected chi connectivity index (χ2v) is 6.52. The van der Waals surface area contributed by atoms with Gasteiger partial charge in [-0.15, -0.1) is 0 Å². The van der Waals surface area contributed by atoms with Crippen molar-refractivity contribution in [3.63, 3.8) is 0 Å². The van der Waals surface area contributed by atoms with E-state index in [1.165, 1.54) is 5.56 Å². The monoisotopic (exact) mass is 291 g/mol. The van der Waals surface area contributed by atoms with Crippen LogP contribution < -0.4 is 5.32 Å². The van der Waals surface area contributed by atoms with Crippen molar-refractivity contribution in [2.75, 3.05) is 11.9 Å². The molecular formula is C15H21N3OS. The molecule has 0 atom stereocenters. The normalized spacial score (nSPS) is 11.0. The number of rotatable bonds is 7. The van der Waals surface area contributed by atoms with Gasteiger partial charge in [-0.3, -0.25) is 0 Å². The lowest BCUT2D eigenvalue weighted by molar-refractivity contribution is 0.376. The minimum Gasteiger partial charge on any atom is -0.384 e. The lowest BCUT2D eigenvalue weighted by Crippen LogP contribution is -2.06. The second kappa shape index (κ2) is 7.33. The number of nitrogens with zero attached hydrogens (tertiary/aromatic N) is 2. The van der Waals surface area contributed by atoms with Crippen molar-refractivity contribution < 1.29 is 4.52 Å². The first-order valence-corrected chi connectivity index (χ1v) is 7.92. The van der Waals surface area contributed by atoms with Crippen LogP contribution in [0.15, 0.2) is 28.8 Å². The highest BCUT2D eigenvalue weighted by atomic mass is 32.2. The fourth-order valence-corrected chi connectivity index (χ4v) is 2.37. The molecule has 1 aromatic carbocycles. The summed E-state index contributed by atoms with van der Waals surface area (Å²) in [5.74, 6) is 2.30. The fraction of sp³-hybridized carbons (Fsp3) is 0.467. The summed E-state index contributed by atoms with van der Waals surface area (Å²) in [5, 5.41) is 7.97. The largest absolute Gasteiger partial charge is 0.384 e. The number of benzene rings is 1. The van der Waals surface area contributed by atoms with Gasteiger partial charge in [-0.1, -0.05) is 37.2 Å². The van der Waals surface area contributed by atoms with E-state index in [2.05, 4.69) is 48.4 Å². The third kappa shape index (κ3) is 4.56. The molecule has 2 aromatic rings. The molecule has 108 valence electrons. The number of para-hydroxylation sites is 1. The molecule has 20 heavy (non-hydrogen) atoms. The second-order valence-electron chi connectivity index (χ2n) is 4.96. The summed E-state index contributed by atoms with van der Waals surface area (Å²) in [5.41, 5.74) is 2.40. The van der Waals surface area contributed by atoms with Gasteiger partial charge in [0.1, 0.15) is 0 Å². The summed E-state index contributed by atoms with van der Waals surface area (Å²) in [6.45, 7) is 7.22. The highest BCUT2D eigenvalue weighted by molar-refractivity contribution is 7.99. The summed E-state index contributed by atoms with van der Waals surface area (Å²) in [7, 11) is 0. The Morgan fingerprint density at radius 3 is 2.85 bits per heavy atom. The fourth-order valence-electron chi connectivity index (χ4n) is 1.77. The van der Waals surface area contributed by atoms with Crippen LogP contribution in [0.25, 0.3) is 0 Å². The van der Waals surface area contributed by atoms with Gasteiger partial charge in [-0.25, -0.2) is 0 Å². The van der Waals surface area contributed by atoms with Crippen LogP contribution in [0.3, 0.4) is 0 Å². The third-order valence-electron chi connectivity index (χ3n) is 2.86. The molecular weight excluding hydrogens is 270 g/mol. The lowest BCUT2D eigenvalue weighted by atomic mass is 10.2. The molecule has 0 aliphatic heterocycles. The Kier molecular flexibility index (Phi) is 5.47. The number of hydrogen-bond donors (Lipinski definition) is 1. The topological polar surface area (TPSA) is 51.0 Å². The summed E-state index contributed by atoms with van der Waals surface area (Å²) in [6.07, 6.45) is 0.744. The van der Waals surface area contributed by atoms with Gasteiger partial charge in [0.25, 0.3) is 0 Å². The summed E-state index contributed by atoms with van der Waals surface area (Å²) in [6, 6.07) is 8.24. The van der Waals surface area contributed by atoms with Gasteiger partial charge < -0.3 is 9.84 Å². The highest BCUT2D eigenvalue weighted by Gasteiger charge is 2.07. The van der Waals surface area contributed by atoms with Crippen LogP contribution in [0.1, 0.15) is 31.1 Å². The van der Waals surface area contributed by atoms with Crippen molar-refractivity contribution in [3.8, 4) is 0 Å². The number of anilines is 1. The Morgan fingerprint density at radius 2 is 2.10 bits per heavy atom. The van der Waals surface area contributed by atoms with Crippen molar-refractivity contribution in [3.05, 3.63) is 41.5 Å². The van der Waals surface area contributed by atoms with Gasteiger partial charge in [0, 0.05) is 18.7 Å². The molecule has 0 amide bonds. The molecule has 1 N–H and O–H groups in total.